The van der Waals surface area contributed by atoms with Crippen LogP contribution in [0, 0.1) is 5.92 Å². The Hall–Kier alpha value is -0.0800. The van der Waals surface area contributed by atoms with Gasteiger partial charge in [-0.05, 0) is 38.0 Å². The molecule has 2 heterocycles. The molecular weight excluding hydrogens is 232 g/mol. The van der Waals surface area contributed by atoms with Gasteiger partial charge in [-0.25, -0.2) is 0 Å². The first-order valence-corrected chi connectivity index (χ1v) is 9.02. The maximum Gasteiger partial charge on any atom is 0.0983 e. The number of likely N-dealkylation sites (tertiary alicyclic amines) is 2. The van der Waals surface area contributed by atoms with Crippen molar-refractivity contribution in [2.45, 2.75) is 76.8 Å². The Labute approximate surface area is 119 Å². The Balaban J connectivity index is 1.46. The lowest BCUT2D eigenvalue weighted by molar-refractivity contribution is -0.971. The first-order chi connectivity index (χ1) is 9.33. The minimum absolute atomic E-state index is 0.997. The molecule has 0 amide bonds. The number of rotatable bonds is 2. The molecule has 0 bridgehead atoms. The van der Waals surface area contributed by atoms with Crippen molar-refractivity contribution in [3.05, 3.63) is 0 Å². The Morgan fingerprint density at radius 1 is 0.632 bits per heavy atom. The number of piperidine rings is 2. The molecule has 0 aromatic rings. The van der Waals surface area contributed by atoms with Crippen molar-refractivity contribution in [1.82, 2.24) is 0 Å². The average Bonchev–Trinajstić information content (AvgIpc) is 2.48. The van der Waals surface area contributed by atoms with Crippen molar-refractivity contribution < 1.29 is 9.80 Å². The van der Waals surface area contributed by atoms with Gasteiger partial charge in [-0.1, -0.05) is 13.3 Å². The zero-order chi connectivity index (χ0) is 13.1. The van der Waals surface area contributed by atoms with Crippen LogP contribution in [0.25, 0.3) is 0 Å². The summed E-state index contributed by atoms with van der Waals surface area (Å²) >= 11 is 0. The van der Waals surface area contributed by atoms with E-state index in [0.29, 0.717) is 0 Å². The molecule has 3 rings (SSSR count). The van der Waals surface area contributed by atoms with Crippen LogP contribution in [0.15, 0.2) is 0 Å². The molecule has 0 spiro atoms. The van der Waals surface area contributed by atoms with Crippen LogP contribution >= 0.6 is 0 Å². The molecule has 110 valence electrons. The second-order valence-electron chi connectivity index (χ2n) is 7.62. The third-order valence-corrected chi connectivity index (χ3v) is 6.21. The second-order valence-corrected chi connectivity index (χ2v) is 7.62. The molecule has 2 heteroatoms. The molecule has 2 saturated heterocycles. The molecule has 1 aliphatic carbocycles. The van der Waals surface area contributed by atoms with Gasteiger partial charge in [-0.2, -0.15) is 0 Å². The highest BCUT2D eigenvalue weighted by molar-refractivity contribution is 4.71. The molecule has 3 fully saturated rings. The van der Waals surface area contributed by atoms with Crippen LogP contribution in [0.1, 0.15) is 64.7 Å². The molecule has 0 aromatic heterocycles. The van der Waals surface area contributed by atoms with Crippen LogP contribution in [-0.4, -0.2) is 38.3 Å². The van der Waals surface area contributed by atoms with Gasteiger partial charge < -0.3 is 9.80 Å². The summed E-state index contributed by atoms with van der Waals surface area (Å²) in [4.78, 5) is 3.93. The highest BCUT2D eigenvalue weighted by Gasteiger charge is 2.35. The standard InChI is InChI=1S/C17H32N2/c1-15-6-5-7-17(14-15)19-12-8-16(9-13-19)18-10-3-2-4-11-18/h15-17H,2-14H2,1H3/p+2/t15-,17-/m1/s1. The first kappa shape index (κ1) is 13.9. The summed E-state index contributed by atoms with van der Waals surface area (Å²) in [7, 11) is 0. The Bertz CT molecular complexity index is 264. The average molecular weight is 266 g/mol. The largest absolute Gasteiger partial charge is 0.332 e. The molecular formula is C17H34N2+2. The van der Waals surface area contributed by atoms with Crippen LogP contribution in [0.2, 0.25) is 0 Å². The Morgan fingerprint density at radius 2 is 1.32 bits per heavy atom. The number of hydrogen-bond acceptors (Lipinski definition) is 0. The van der Waals surface area contributed by atoms with E-state index in [1.807, 2.05) is 9.80 Å². The smallest absolute Gasteiger partial charge is 0.0983 e. The second kappa shape index (κ2) is 6.58. The summed E-state index contributed by atoms with van der Waals surface area (Å²) in [5, 5.41) is 0. The van der Waals surface area contributed by atoms with E-state index < -0.39 is 0 Å². The van der Waals surface area contributed by atoms with E-state index in [4.69, 9.17) is 0 Å². The van der Waals surface area contributed by atoms with Gasteiger partial charge >= 0.3 is 0 Å². The molecule has 2 N–H and O–H groups in total. The van der Waals surface area contributed by atoms with E-state index in [2.05, 4.69) is 6.92 Å². The summed E-state index contributed by atoms with van der Waals surface area (Å²) < 4.78 is 0. The molecule has 2 atom stereocenters. The third-order valence-electron chi connectivity index (χ3n) is 6.21. The van der Waals surface area contributed by atoms with Crippen LogP contribution in [0.3, 0.4) is 0 Å². The predicted octanol–water partition coefficient (Wildman–Crippen LogP) is 0.681. The first-order valence-electron chi connectivity index (χ1n) is 9.02. The van der Waals surface area contributed by atoms with Gasteiger partial charge in [-0.15, -0.1) is 0 Å². The molecule has 0 unspecified atom stereocenters. The quantitative estimate of drug-likeness (QED) is 0.727. The van der Waals surface area contributed by atoms with E-state index in [1.165, 1.54) is 84.0 Å². The highest BCUT2D eigenvalue weighted by atomic mass is 15.2. The summed E-state index contributed by atoms with van der Waals surface area (Å²) in [5.74, 6) is 0.997. The minimum atomic E-state index is 0.997. The topological polar surface area (TPSA) is 8.88 Å². The van der Waals surface area contributed by atoms with Crippen molar-refractivity contribution in [1.29, 1.82) is 0 Å². The predicted molar refractivity (Wildman–Crippen MR) is 79.7 cm³/mol. The Kier molecular flexibility index (Phi) is 4.81. The molecule has 3 aliphatic rings. The minimum Gasteiger partial charge on any atom is -0.332 e. The zero-order valence-corrected chi connectivity index (χ0v) is 12.9. The number of quaternary nitrogens is 2. The zero-order valence-electron chi connectivity index (χ0n) is 12.9. The summed E-state index contributed by atoms with van der Waals surface area (Å²) in [5.41, 5.74) is 0. The van der Waals surface area contributed by atoms with E-state index in [1.54, 1.807) is 0 Å². The van der Waals surface area contributed by atoms with Gasteiger partial charge in [0.1, 0.15) is 0 Å². The fourth-order valence-electron chi connectivity index (χ4n) is 5.02. The number of hydrogen-bond donors (Lipinski definition) is 2. The summed E-state index contributed by atoms with van der Waals surface area (Å²) in [6.07, 6.45) is 13.5. The summed E-state index contributed by atoms with van der Waals surface area (Å²) in [6, 6.07) is 2.03. The van der Waals surface area contributed by atoms with Gasteiger partial charge in [0.15, 0.2) is 0 Å². The third kappa shape index (κ3) is 3.52. The van der Waals surface area contributed by atoms with Crippen molar-refractivity contribution >= 4 is 0 Å². The van der Waals surface area contributed by atoms with E-state index in [-0.39, 0.29) is 0 Å². The molecule has 0 aromatic carbocycles. The molecule has 0 radical (unpaired) electrons. The Morgan fingerprint density at radius 3 is 2.00 bits per heavy atom. The monoisotopic (exact) mass is 266 g/mol. The van der Waals surface area contributed by atoms with Gasteiger partial charge in [0.2, 0.25) is 0 Å². The van der Waals surface area contributed by atoms with Gasteiger partial charge in [0.05, 0.1) is 38.3 Å². The normalized spacial score (nSPS) is 42.2. The van der Waals surface area contributed by atoms with Crippen molar-refractivity contribution in [3.63, 3.8) is 0 Å². The lowest BCUT2D eigenvalue weighted by atomic mass is 9.85. The fourth-order valence-corrected chi connectivity index (χ4v) is 5.02. The fraction of sp³-hybridized carbons (Fsp3) is 1.00. The van der Waals surface area contributed by atoms with Crippen LogP contribution in [0.4, 0.5) is 0 Å². The lowest BCUT2D eigenvalue weighted by Crippen LogP contribution is -3.22. The van der Waals surface area contributed by atoms with Crippen LogP contribution in [0.5, 0.6) is 0 Å². The van der Waals surface area contributed by atoms with E-state index >= 15 is 0 Å². The summed E-state index contributed by atoms with van der Waals surface area (Å²) in [6.45, 7) is 8.37. The van der Waals surface area contributed by atoms with Crippen molar-refractivity contribution in [3.8, 4) is 0 Å². The van der Waals surface area contributed by atoms with Crippen LogP contribution < -0.4 is 9.80 Å². The maximum atomic E-state index is 2.47. The van der Waals surface area contributed by atoms with Crippen molar-refractivity contribution in [2.75, 3.05) is 26.2 Å². The molecule has 2 aliphatic heterocycles. The van der Waals surface area contributed by atoms with E-state index in [9.17, 15) is 0 Å². The number of nitrogens with one attached hydrogen (secondary N) is 2. The lowest BCUT2D eigenvalue weighted by Gasteiger charge is -2.40. The molecule has 2 nitrogen and oxygen atoms in total. The molecule has 1 saturated carbocycles. The van der Waals surface area contributed by atoms with Gasteiger partial charge in [-0.3, -0.25) is 0 Å². The van der Waals surface area contributed by atoms with Crippen molar-refractivity contribution in [2.24, 2.45) is 5.92 Å². The van der Waals surface area contributed by atoms with Crippen LogP contribution in [-0.2, 0) is 0 Å². The van der Waals surface area contributed by atoms with Gasteiger partial charge in [0, 0.05) is 19.3 Å². The SMILES string of the molecule is C[C@@H]1CCC[C@@H]([NH+]2CCC([NH+]3CCCCC3)CC2)C1. The molecule has 19 heavy (non-hydrogen) atoms. The maximum absolute atomic E-state index is 2.47. The van der Waals surface area contributed by atoms with E-state index in [0.717, 1.165) is 18.0 Å². The van der Waals surface area contributed by atoms with Gasteiger partial charge in [0.25, 0.3) is 0 Å². The highest BCUT2D eigenvalue weighted by Crippen LogP contribution is 2.22.